The molecule has 0 atom stereocenters. The molecule has 0 fully saturated rings. The topological polar surface area (TPSA) is 65.6 Å². The Hall–Kier alpha value is -8.22. The van der Waals surface area contributed by atoms with Gasteiger partial charge in [0.05, 0.1) is 29.1 Å². The van der Waals surface area contributed by atoms with Crippen molar-refractivity contribution in [1.82, 2.24) is 9.88 Å². The molecule has 0 amide bonds. The lowest BCUT2D eigenvalue weighted by Crippen LogP contribution is -2.28. The lowest BCUT2D eigenvalue weighted by molar-refractivity contribution is 0.477. The van der Waals surface area contributed by atoms with Gasteiger partial charge in [-0.05, 0) is 81.6 Å². The van der Waals surface area contributed by atoms with Crippen molar-refractivity contribution in [3.05, 3.63) is 223 Å². The number of nitrogens with one attached hydrogen (secondary N) is 2. The second-order valence-corrected chi connectivity index (χ2v) is 15.2. The molecule has 0 saturated heterocycles. The third-order valence-electron chi connectivity index (χ3n) is 11.6. The number of nitrogens with zero attached hydrogens (tertiary/aromatic N) is 3. The molecule has 0 unspecified atom stereocenters. The highest BCUT2D eigenvalue weighted by Crippen LogP contribution is 2.51. The number of hydrogen-bond donors (Lipinski definition) is 2. The average Bonchev–Trinajstić information content (AvgIpc) is 3.65. The molecule has 0 radical (unpaired) electrons. The quantitative estimate of drug-likeness (QED) is 0.125. The molecule has 0 spiro atoms. The van der Waals surface area contributed by atoms with E-state index in [1.54, 1.807) is 0 Å². The predicted octanol–water partition coefficient (Wildman–Crippen LogP) is 13.9. The van der Waals surface area contributed by atoms with Gasteiger partial charge in [-0.15, -0.1) is 0 Å². The summed E-state index contributed by atoms with van der Waals surface area (Å²) in [5.41, 5.74) is 11.3. The molecule has 6 heteroatoms. The van der Waals surface area contributed by atoms with Crippen LogP contribution in [0.4, 0.5) is 17.1 Å². The molecule has 61 heavy (non-hydrogen) atoms. The largest absolute Gasteiger partial charge is 0.453 e. The third kappa shape index (κ3) is 6.57. The van der Waals surface area contributed by atoms with Crippen molar-refractivity contribution in [3.63, 3.8) is 0 Å². The minimum Gasteiger partial charge on any atom is -0.453 e. The summed E-state index contributed by atoms with van der Waals surface area (Å²) in [6.45, 7) is 0.416. The fourth-order valence-electron chi connectivity index (χ4n) is 8.59. The molecule has 2 heterocycles. The van der Waals surface area contributed by atoms with Crippen LogP contribution in [-0.4, -0.2) is 16.2 Å². The highest BCUT2D eigenvalue weighted by molar-refractivity contribution is 6.21. The van der Waals surface area contributed by atoms with Gasteiger partial charge in [0.2, 0.25) is 0 Å². The van der Waals surface area contributed by atoms with Gasteiger partial charge in [0.25, 0.3) is 0 Å². The molecule has 11 rings (SSSR count). The zero-order valence-corrected chi connectivity index (χ0v) is 33.2. The zero-order valence-electron chi connectivity index (χ0n) is 33.2. The van der Waals surface area contributed by atoms with Crippen molar-refractivity contribution in [2.24, 2.45) is 4.99 Å². The number of amidine groups is 2. The number of benzene rings is 9. The van der Waals surface area contributed by atoms with E-state index in [1.165, 1.54) is 21.5 Å². The fourth-order valence-corrected chi connectivity index (χ4v) is 8.59. The van der Waals surface area contributed by atoms with Crippen LogP contribution in [0.25, 0.3) is 54.8 Å². The van der Waals surface area contributed by atoms with Gasteiger partial charge in [-0.2, -0.15) is 0 Å². The van der Waals surface area contributed by atoms with Crippen LogP contribution in [0.3, 0.4) is 0 Å². The maximum atomic E-state index is 9.04. The lowest BCUT2D eigenvalue weighted by Gasteiger charge is -2.33. The van der Waals surface area contributed by atoms with Crippen LogP contribution in [0.1, 0.15) is 11.1 Å². The maximum absolute atomic E-state index is 9.04. The Morgan fingerprint density at radius 3 is 1.95 bits per heavy atom. The lowest BCUT2D eigenvalue weighted by atomic mass is 9.99. The number of aliphatic imine (C=N–C) groups is 1. The number of aromatic nitrogens is 1. The Morgan fingerprint density at radius 2 is 1.13 bits per heavy atom. The standard InChI is InChI=1S/C55H39N5O/c56-54(40-17-6-2-7-18-40)58-55(41-26-24-38(25-27-41)37-14-4-1-5-15-37)57-36-59-48-32-29-39-16-10-11-21-45(39)53(48)46-31-28-42(34-49(46)59)43-30-33-52-50(35-43)60(44-19-8-3-9-20-44)47-22-12-13-23-51(47)61-52/h1-35H,36H2,(H2,56,57,58). The molecule has 1 aliphatic heterocycles. The van der Waals surface area contributed by atoms with Crippen LogP contribution in [0, 0.1) is 5.41 Å². The Morgan fingerprint density at radius 1 is 0.492 bits per heavy atom. The number of fused-ring (bicyclic) bond motifs is 7. The minimum atomic E-state index is 0.189. The van der Waals surface area contributed by atoms with Crippen LogP contribution in [0.15, 0.2) is 217 Å². The molecule has 2 N–H and O–H groups in total. The smallest absolute Gasteiger partial charge is 0.154 e. The van der Waals surface area contributed by atoms with Crippen molar-refractivity contribution < 1.29 is 4.74 Å². The molecular weight excluding hydrogens is 747 g/mol. The Kier molecular flexibility index (Phi) is 8.94. The van der Waals surface area contributed by atoms with Gasteiger partial charge < -0.3 is 19.5 Å². The summed E-state index contributed by atoms with van der Waals surface area (Å²) in [4.78, 5) is 7.22. The van der Waals surface area contributed by atoms with E-state index in [1.807, 2.05) is 54.6 Å². The number of hydrogen-bond acceptors (Lipinski definition) is 3. The summed E-state index contributed by atoms with van der Waals surface area (Å²) in [5.74, 6) is 2.44. The van der Waals surface area contributed by atoms with Crippen LogP contribution >= 0.6 is 0 Å². The van der Waals surface area contributed by atoms with E-state index in [0.717, 1.165) is 73.0 Å². The zero-order chi connectivity index (χ0) is 40.7. The van der Waals surface area contributed by atoms with Crippen molar-refractivity contribution in [3.8, 4) is 33.8 Å². The van der Waals surface area contributed by atoms with E-state index in [9.17, 15) is 0 Å². The monoisotopic (exact) mass is 785 g/mol. The molecule has 0 saturated carbocycles. The summed E-state index contributed by atoms with van der Waals surface area (Å²) in [6.07, 6.45) is 0. The molecule has 290 valence electrons. The van der Waals surface area contributed by atoms with Crippen molar-refractivity contribution >= 4 is 61.3 Å². The number of para-hydroxylation sites is 3. The Bertz CT molecular complexity index is 3280. The highest BCUT2D eigenvalue weighted by atomic mass is 16.5. The first-order valence-electron chi connectivity index (χ1n) is 20.5. The first-order valence-corrected chi connectivity index (χ1v) is 20.5. The van der Waals surface area contributed by atoms with E-state index in [2.05, 4.69) is 173 Å². The number of ether oxygens (including phenoxy) is 1. The first kappa shape index (κ1) is 35.9. The Labute approximate surface area is 353 Å². The average molecular weight is 786 g/mol. The van der Waals surface area contributed by atoms with E-state index in [-0.39, 0.29) is 5.84 Å². The van der Waals surface area contributed by atoms with E-state index < -0.39 is 0 Å². The second kappa shape index (κ2) is 15.2. The minimum absolute atomic E-state index is 0.189. The molecular formula is C55H39N5O. The SMILES string of the molecule is N=C(/N=C(\NCn1c2cc(-c3ccc4c(c3)N(c3ccccc3)c3ccccc3O4)ccc2c2c3ccccc3ccc21)c1ccc(-c2ccccc2)cc1)c1ccccc1. The van der Waals surface area contributed by atoms with Crippen LogP contribution < -0.4 is 15.0 Å². The van der Waals surface area contributed by atoms with Crippen molar-refractivity contribution in [1.29, 1.82) is 5.41 Å². The molecule has 9 aromatic carbocycles. The van der Waals surface area contributed by atoms with Crippen molar-refractivity contribution in [2.45, 2.75) is 6.67 Å². The summed E-state index contributed by atoms with van der Waals surface area (Å²) in [5, 5.41) is 17.5. The molecule has 1 aliphatic rings. The van der Waals surface area contributed by atoms with E-state index in [0.29, 0.717) is 12.5 Å². The van der Waals surface area contributed by atoms with Gasteiger partial charge in [-0.25, -0.2) is 4.99 Å². The van der Waals surface area contributed by atoms with Gasteiger partial charge in [0.1, 0.15) is 5.84 Å². The van der Waals surface area contributed by atoms with Gasteiger partial charge in [0, 0.05) is 27.6 Å². The summed E-state index contributed by atoms with van der Waals surface area (Å²) in [7, 11) is 0. The molecule has 10 aromatic rings. The first-order chi connectivity index (χ1) is 30.2. The van der Waals surface area contributed by atoms with Crippen LogP contribution in [0.2, 0.25) is 0 Å². The van der Waals surface area contributed by atoms with Gasteiger partial charge >= 0.3 is 0 Å². The number of anilines is 3. The molecule has 1 aromatic heterocycles. The second-order valence-electron chi connectivity index (χ2n) is 15.2. The normalized spacial score (nSPS) is 12.3. The molecule has 6 nitrogen and oxygen atoms in total. The Balaban J connectivity index is 1.03. The van der Waals surface area contributed by atoms with Gasteiger partial charge in [-0.1, -0.05) is 164 Å². The third-order valence-corrected chi connectivity index (χ3v) is 11.6. The molecule has 0 bridgehead atoms. The molecule has 0 aliphatic carbocycles. The van der Waals surface area contributed by atoms with Crippen molar-refractivity contribution in [2.75, 3.05) is 4.90 Å². The van der Waals surface area contributed by atoms with Crippen LogP contribution in [-0.2, 0) is 6.67 Å². The van der Waals surface area contributed by atoms with E-state index in [4.69, 9.17) is 15.1 Å². The summed E-state index contributed by atoms with van der Waals surface area (Å²) >= 11 is 0. The number of rotatable bonds is 7. The maximum Gasteiger partial charge on any atom is 0.154 e. The van der Waals surface area contributed by atoms with Gasteiger partial charge in [-0.3, -0.25) is 5.41 Å². The predicted molar refractivity (Wildman–Crippen MR) is 252 cm³/mol. The van der Waals surface area contributed by atoms with Gasteiger partial charge in [0.15, 0.2) is 17.3 Å². The summed E-state index contributed by atoms with van der Waals surface area (Å²) in [6, 6.07) is 73.4. The summed E-state index contributed by atoms with van der Waals surface area (Å²) < 4.78 is 8.83. The fraction of sp³-hybridized carbons (Fsp3) is 0.0182. The highest BCUT2D eigenvalue weighted by Gasteiger charge is 2.26. The van der Waals surface area contributed by atoms with Crippen LogP contribution in [0.5, 0.6) is 11.5 Å². The van der Waals surface area contributed by atoms with E-state index >= 15 is 0 Å².